The first-order valence-electron chi connectivity index (χ1n) is 34.2. The van der Waals surface area contributed by atoms with Gasteiger partial charge in [0.05, 0.1) is 22.4 Å². The van der Waals surface area contributed by atoms with E-state index < -0.39 is 0 Å². The van der Waals surface area contributed by atoms with Gasteiger partial charge in [-0.05, 0) is 157 Å². The topological polar surface area (TPSA) is 11.4 Å². The van der Waals surface area contributed by atoms with Crippen LogP contribution in [-0.2, 0) is 16.2 Å². The summed E-state index contributed by atoms with van der Waals surface area (Å²) in [5, 5.41) is 10.5. The van der Waals surface area contributed by atoms with Crippen molar-refractivity contribution in [1.29, 1.82) is 0 Å². The predicted octanol–water partition coefficient (Wildman–Crippen LogP) is 23.4. The maximum absolute atomic E-state index is 2.71. The molecule has 16 aromatic rings. The van der Waals surface area contributed by atoms with Crippen molar-refractivity contribution in [2.24, 2.45) is 0 Å². The Morgan fingerprint density at radius 3 is 1.09 bits per heavy atom. The molecule has 0 aliphatic carbocycles. The van der Waals surface area contributed by atoms with Crippen LogP contribution >= 0.6 is 0 Å². The normalized spacial score (nSPS) is 13.2. The van der Waals surface area contributed by atoms with Gasteiger partial charge in [0.1, 0.15) is 0 Å². The molecule has 1 aromatic heterocycles. The number of anilines is 6. The quantitative estimate of drug-likeness (QED) is 0.0853. The van der Waals surface area contributed by atoms with Gasteiger partial charge < -0.3 is 14.4 Å². The number of hydrogen-bond acceptors (Lipinski definition) is 2. The van der Waals surface area contributed by atoms with Crippen LogP contribution in [0.1, 0.15) is 79.0 Å². The van der Waals surface area contributed by atoms with E-state index in [0.29, 0.717) is 0 Å². The second-order valence-electron chi connectivity index (χ2n) is 30.0. The lowest BCUT2D eigenvalue weighted by molar-refractivity contribution is 0.590. The average molecular weight is 1230 g/mol. The standard InChI is InChI=1S/C92H74BN3/c1-90(2,3)65-44-37-60(38-45-65)71-33-22-34-72(61-39-46-66(47-40-61)91(4,5)6)89(71)95-79-53-64(57-23-13-10-14-24-57)41-49-75(79)93-76-50-48-68(94-77-51-42-62-29-19-35-73-74-36-20-30-63-43-52-78(94)86(84(63)74)85(77)83(62)73)56-80(76)96(82-55-67(92(7,8)9)54-81(95)87(82)93)88-69(58-25-15-11-16-26-58)31-21-32-70(88)59-27-17-12-18-28-59/h10-56H,1-9H3. The molecule has 2 aliphatic rings. The van der Waals surface area contributed by atoms with E-state index in [0.717, 1.165) is 45.0 Å². The zero-order valence-electron chi connectivity index (χ0n) is 56.1. The lowest BCUT2D eigenvalue weighted by Gasteiger charge is -2.46. The molecule has 4 heteroatoms. The van der Waals surface area contributed by atoms with Gasteiger partial charge in [-0.1, -0.05) is 305 Å². The van der Waals surface area contributed by atoms with Crippen molar-refractivity contribution in [2.45, 2.75) is 78.6 Å². The van der Waals surface area contributed by atoms with Crippen molar-refractivity contribution in [3.05, 3.63) is 302 Å². The molecule has 460 valence electrons. The summed E-state index contributed by atoms with van der Waals surface area (Å²) >= 11 is 0. The Morgan fingerprint density at radius 1 is 0.271 bits per heavy atom. The summed E-state index contributed by atoms with van der Waals surface area (Å²) in [6.07, 6.45) is 0. The fourth-order valence-corrected chi connectivity index (χ4v) is 16.3. The molecular weight excluding hydrogens is 1160 g/mol. The van der Waals surface area contributed by atoms with Crippen LogP contribution < -0.4 is 26.2 Å². The first-order valence-corrected chi connectivity index (χ1v) is 34.2. The van der Waals surface area contributed by atoms with E-state index >= 15 is 0 Å². The molecule has 15 aromatic carbocycles. The molecule has 0 spiro atoms. The Labute approximate surface area is 563 Å². The van der Waals surface area contributed by atoms with Crippen LogP contribution in [0.2, 0.25) is 0 Å². The van der Waals surface area contributed by atoms with Gasteiger partial charge in [-0.2, -0.15) is 0 Å². The number of hydrogen-bond donors (Lipinski definition) is 0. The lowest BCUT2D eigenvalue weighted by atomic mass is 9.33. The maximum Gasteiger partial charge on any atom is 0.252 e. The molecule has 18 rings (SSSR count). The van der Waals surface area contributed by atoms with Crippen LogP contribution in [0.25, 0.3) is 115 Å². The van der Waals surface area contributed by atoms with Crippen molar-refractivity contribution in [3.63, 3.8) is 0 Å². The number of nitrogens with zero attached hydrogens (tertiary/aromatic N) is 3. The van der Waals surface area contributed by atoms with E-state index in [-0.39, 0.29) is 23.0 Å². The van der Waals surface area contributed by atoms with Crippen LogP contribution in [-0.4, -0.2) is 11.3 Å². The molecule has 0 saturated heterocycles. The van der Waals surface area contributed by atoms with E-state index in [4.69, 9.17) is 0 Å². The molecule has 3 nitrogen and oxygen atoms in total. The Bertz CT molecular complexity index is 5510. The number of fused-ring (bicyclic) bond motifs is 5. The molecule has 0 amide bonds. The molecule has 2 aliphatic heterocycles. The maximum atomic E-state index is 2.71. The highest BCUT2D eigenvalue weighted by atomic mass is 15.2. The van der Waals surface area contributed by atoms with Crippen molar-refractivity contribution < 1.29 is 0 Å². The fourth-order valence-electron chi connectivity index (χ4n) is 16.3. The minimum absolute atomic E-state index is 0.0174. The summed E-state index contributed by atoms with van der Waals surface area (Å²) in [7, 11) is 0. The van der Waals surface area contributed by atoms with Crippen molar-refractivity contribution in [1.82, 2.24) is 4.57 Å². The van der Waals surface area contributed by atoms with Gasteiger partial charge in [-0.3, -0.25) is 0 Å². The van der Waals surface area contributed by atoms with Gasteiger partial charge >= 0.3 is 0 Å². The Hall–Kier alpha value is -10.9. The number of aromatic nitrogens is 1. The molecule has 0 fully saturated rings. The molecular formula is C92H74BN3. The summed E-state index contributed by atoms with van der Waals surface area (Å²) in [6.45, 7) is 20.9. The van der Waals surface area contributed by atoms with Crippen molar-refractivity contribution in [3.8, 4) is 61.3 Å². The Balaban J connectivity index is 0.993. The van der Waals surface area contributed by atoms with Crippen molar-refractivity contribution in [2.75, 3.05) is 9.80 Å². The van der Waals surface area contributed by atoms with Crippen LogP contribution in [0.3, 0.4) is 0 Å². The minimum Gasteiger partial charge on any atom is -0.310 e. The molecule has 0 radical (unpaired) electrons. The van der Waals surface area contributed by atoms with Gasteiger partial charge in [-0.15, -0.1) is 0 Å². The van der Waals surface area contributed by atoms with Gasteiger partial charge in [0.15, 0.2) is 0 Å². The van der Waals surface area contributed by atoms with E-state index in [9.17, 15) is 0 Å². The monoisotopic (exact) mass is 1230 g/mol. The number of para-hydroxylation sites is 2. The number of rotatable bonds is 8. The first-order chi connectivity index (χ1) is 46.5. The van der Waals surface area contributed by atoms with E-state index in [1.54, 1.807) is 0 Å². The largest absolute Gasteiger partial charge is 0.310 e. The second kappa shape index (κ2) is 21.3. The third-order valence-corrected chi connectivity index (χ3v) is 21.2. The summed E-state index contributed by atoms with van der Waals surface area (Å²) < 4.78 is 2.58. The Morgan fingerprint density at radius 2 is 0.656 bits per heavy atom. The predicted molar refractivity (Wildman–Crippen MR) is 413 cm³/mol. The van der Waals surface area contributed by atoms with Crippen LogP contribution in [0.5, 0.6) is 0 Å². The lowest BCUT2D eigenvalue weighted by Crippen LogP contribution is -2.61. The highest BCUT2D eigenvalue weighted by Crippen LogP contribution is 2.55. The van der Waals surface area contributed by atoms with Crippen LogP contribution in [0, 0.1) is 0 Å². The summed E-state index contributed by atoms with van der Waals surface area (Å²) in [6, 6.07) is 109. The van der Waals surface area contributed by atoms with Gasteiger partial charge in [-0.25, -0.2) is 0 Å². The second-order valence-corrected chi connectivity index (χ2v) is 30.0. The first kappa shape index (κ1) is 57.7. The molecule has 0 N–H and O–H groups in total. The fraction of sp³-hybridized carbons (Fsp3) is 0.130. The summed E-state index contributed by atoms with van der Waals surface area (Å²) in [4.78, 5) is 5.42. The third kappa shape index (κ3) is 8.87. The number of benzene rings is 15. The van der Waals surface area contributed by atoms with Crippen molar-refractivity contribution >= 4 is 111 Å². The van der Waals surface area contributed by atoms with E-state index in [1.165, 1.54) is 138 Å². The van der Waals surface area contributed by atoms with Crippen LogP contribution in [0.4, 0.5) is 34.1 Å². The smallest absolute Gasteiger partial charge is 0.252 e. The van der Waals surface area contributed by atoms with Gasteiger partial charge in [0.25, 0.3) is 6.71 Å². The summed E-state index contributed by atoms with van der Waals surface area (Å²) in [5.41, 5.74) is 29.5. The minimum atomic E-state index is -0.291. The molecule has 0 saturated carbocycles. The Kier molecular flexibility index (Phi) is 12.8. The zero-order valence-corrected chi connectivity index (χ0v) is 56.1. The summed E-state index contributed by atoms with van der Waals surface area (Å²) in [5.74, 6) is 0. The van der Waals surface area contributed by atoms with E-state index in [2.05, 4.69) is 362 Å². The SMILES string of the molecule is CC(C)(C)c1ccc(-c2cccc(-c3ccc(C(C)(C)C)cc3)c2N2c3cc(-c4ccccc4)ccc3B3c4ccc(-n5c6ccc7cccc8c9cccc%10ccc5c(c%109)c6c78)cc4N(c4c(-c5ccccc5)cccc4-c4ccccc4)c4cc(C(C)(C)C)cc2c43)cc1. The van der Waals surface area contributed by atoms with Crippen LogP contribution in [0.15, 0.2) is 285 Å². The molecule has 0 bridgehead atoms. The van der Waals surface area contributed by atoms with Gasteiger partial charge in [0, 0.05) is 61.5 Å². The third-order valence-electron chi connectivity index (χ3n) is 21.2. The highest BCUT2D eigenvalue weighted by Gasteiger charge is 2.46. The van der Waals surface area contributed by atoms with Gasteiger partial charge in [0.2, 0.25) is 0 Å². The van der Waals surface area contributed by atoms with E-state index in [1.807, 2.05) is 0 Å². The zero-order chi connectivity index (χ0) is 65.1. The average Bonchev–Trinajstić information content (AvgIpc) is 1.26. The molecule has 0 atom stereocenters. The highest BCUT2D eigenvalue weighted by molar-refractivity contribution is 7.00. The molecule has 3 heterocycles. The molecule has 0 unspecified atom stereocenters. The molecule has 96 heavy (non-hydrogen) atoms.